The molecule has 0 N–H and O–H groups in total. The van der Waals surface area contributed by atoms with E-state index in [2.05, 4.69) is 46.9 Å². The highest BCUT2D eigenvalue weighted by Crippen LogP contribution is 2.30. The molecule has 1 unspecified atom stereocenters. The summed E-state index contributed by atoms with van der Waals surface area (Å²) in [5.41, 5.74) is 1.83. The first-order valence-electron chi connectivity index (χ1n) is 5.86. The van der Waals surface area contributed by atoms with Gasteiger partial charge in [-0.05, 0) is 53.1 Å². The molecule has 0 radical (unpaired) electrons. The van der Waals surface area contributed by atoms with Crippen LogP contribution >= 0.6 is 22.6 Å². The Hall–Kier alpha value is -1.34. The second-order valence-electron chi connectivity index (χ2n) is 4.59. The standard InChI is InChI=1S/C16H14IN/c1-16(12-18,11-13-7-3-2-4-8-13)14-9-5-6-10-15(14)17/h2-10H,11H2,1H3. The van der Waals surface area contributed by atoms with Gasteiger partial charge in [0.15, 0.2) is 0 Å². The van der Waals surface area contributed by atoms with Crippen molar-refractivity contribution in [1.82, 2.24) is 0 Å². The third kappa shape index (κ3) is 2.73. The lowest BCUT2D eigenvalue weighted by Crippen LogP contribution is -2.24. The van der Waals surface area contributed by atoms with Gasteiger partial charge in [-0.15, -0.1) is 0 Å². The fourth-order valence-electron chi connectivity index (χ4n) is 2.11. The van der Waals surface area contributed by atoms with Crippen LogP contribution in [0, 0.1) is 14.9 Å². The van der Waals surface area contributed by atoms with Crippen molar-refractivity contribution in [2.45, 2.75) is 18.8 Å². The van der Waals surface area contributed by atoms with Crippen LogP contribution in [0.4, 0.5) is 0 Å². The van der Waals surface area contributed by atoms with E-state index in [-0.39, 0.29) is 0 Å². The molecule has 0 saturated heterocycles. The van der Waals surface area contributed by atoms with E-state index in [1.54, 1.807) is 0 Å². The van der Waals surface area contributed by atoms with Crippen molar-refractivity contribution in [1.29, 1.82) is 5.26 Å². The van der Waals surface area contributed by atoms with E-state index in [4.69, 9.17) is 0 Å². The van der Waals surface area contributed by atoms with Gasteiger partial charge in [-0.25, -0.2) is 0 Å². The average molecular weight is 347 g/mol. The molecule has 0 saturated carbocycles. The van der Waals surface area contributed by atoms with Crippen LogP contribution in [0.25, 0.3) is 0 Å². The number of hydrogen-bond donors (Lipinski definition) is 0. The molecule has 1 atom stereocenters. The predicted octanol–water partition coefficient (Wildman–Crippen LogP) is 4.32. The fraction of sp³-hybridized carbons (Fsp3) is 0.188. The number of rotatable bonds is 3. The molecule has 18 heavy (non-hydrogen) atoms. The molecule has 2 aromatic carbocycles. The number of nitriles is 1. The molecule has 2 heteroatoms. The van der Waals surface area contributed by atoms with Crippen LogP contribution in [0.2, 0.25) is 0 Å². The van der Waals surface area contributed by atoms with Crippen molar-refractivity contribution in [2.24, 2.45) is 0 Å². The summed E-state index contributed by atoms with van der Waals surface area (Å²) in [4.78, 5) is 0. The SMILES string of the molecule is CC(C#N)(Cc1ccccc1)c1ccccc1I. The highest BCUT2D eigenvalue weighted by molar-refractivity contribution is 14.1. The summed E-state index contributed by atoms with van der Waals surface area (Å²) in [5.74, 6) is 0. The Bertz CT molecular complexity index is 571. The zero-order valence-corrected chi connectivity index (χ0v) is 12.4. The van der Waals surface area contributed by atoms with Gasteiger partial charge < -0.3 is 0 Å². The summed E-state index contributed by atoms with van der Waals surface area (Å²) in [5, 5.41) is 9.57. The smallest absolute Gasteiger partial charge is 0.0844 e. The van der Waals surface area contributed by atoms with Gasteiger partial charge >= 0.3 is 0 Å². The second-order valence-corrected chi connectivity index (χ2v) is 5.75. The summed E-state index contributed by atoms with van der Waals surface area (Å²) in [6.07, 6.45) is 0.740. The van der Waals surface area contributed by atoms with Crippen LogP contribution in [-0.2, 0) is 11.8 Å². The van der Waals surface area contributed by atoms with E-state index in [1.165, 1.54) is 5.56 Å². The Balaban J connectivity index is 2.38. The predicted molar refractivity (Wildman–Crippen MR) is 82.3 cm³/mol. The molecule has 2 rings (SSSR count). The van der Waals surface area contributed by atoms with E-state index in [0.29, 0.717) is 0 Å². The molecule has 0 bridgehead atoms. The minimum absolute atomic E-state index is 0.473. The topological polar surface area (TPSA) is 23.8 Å². The Morgan fingerprint density at radius 2 is 1.67 bits per heavy atom. The first-order valence-corrected chi connectivity index (χ1v) is 6.94. The van der Waals surface area contributed by atoms with Gasteiger partial charge in [0.25, 0.3) is 0 Å². The largest absolute Gasteiger partial charge is 0.197 e. The third-order valence-corrected chi connectivity index (χ3v) is 4.06. The van der Waals surface area contributed by atoms with Crippen LogP contribution in [0.15, 0.2) is 54.6 Å². The normalized spacial score (nSPS) is 13.6. The molecule has 0 spiro atoms. The van der Waals surface area contributed by atoms with E-state index in [0.717, 1.165) is 15.6 Å². The lowest BCUT2D eigenvalue weighted by atomic mass is 9.79. The zero-order valence-electron chi connectivity index (χ0n) is 10.2. The number of halogens is 1. The highest BCUT2D eigenvalue weighted by Gasteiger charge is 2.28. The van der Waals surface area contributed by atoms with Gasteiger partial charge in [-0.3, -0.25) is 0 Å². The summed E-state index contributed by atoms with van der Waals surface area (Å²) in [7, 11) is 0. The Morgan fingerprint density at radius 3 is 2.28 bits per heavy atom. The molecular weight excluding hydrogens is 333 g/mol. The molecule has 0 aliphatic rings. The van der Waals surface area contributed by atoms with Crippen LogP contribution in [0.5, 0.6) is 0 Å². The minimum atomic E-state index is -0.473. The van der Waals surface area contributed by atoms with Crippen molar-refractivity contribution in [3.8, 4) is 6.07 Å². The molecular formula is C16H14IN. The van der Waals surface area contributed by atoms with Crippen molar-refractivity contribution >= 4 is 22.6 Å². The van der Waals surface area contributed by atoms with Gasteiger partial charge in [0.2, 0.25) is 0 Å². The maximum absolute atomic E-state index is 9.57. The van der Waals surface area contributed by atoms with Crippen molar-refractivity contribution in [3.05, 3.63) is 69.3 Å². The Morgan fingerprint density at radius 1 is 1.06 bits per heavy atom. The lowest BCUT2D eigenvalue weighted by molar-refractivity contribution is 0.603. The van der Waals surface area contributed by atoms with E-state index in [1.807, 2.05) is 43.3 Å². The first-order chi connectivity index (χ1) is 8.65. The molecule has 2 aromatic rings. The summed E-state index contributed by atoms with van der Waals surface area (Å²) in [6, 6.07) is 20.8. The minimum Gasteiger partial charge on any atom is -0.197 e. The first kappa shape index (κ1) is 13.1. The summed E-state index contributed by atoms with van der Waals surface area (Å²) in [6.45, 7) is 2.01. The molecule has 0 aliphatic heterocycles. The molecule has 0 amide bonds. The molecule has 0 heterocycles. The molecule has 0 fully saturated rings. The maximum Gasteiger partial charge on any atom is 0.0844 e. The van der Waals surface area contributed by atoms with E-state index >= 15 is 0 Å². The van der Waals surface area contributed by atoms with Crippen molar-refractivity contribution in [3.63, 3.8) is 0 Å². The van der Waals surface area contributed by atoms with Gasteiger partial charge in [0, 0.05) is 3.57 Å². The zero-order chi connectivity index (χ0) is 13.0. The number of nitrogens with zero attached hydrogens (tertiary/aromatic N) is 1. The highest BCUT2D eigenvalue weighted by atomic mass is 127. The second kappa shape index (κ2) is 5.53. The monoisotopic (exact) mass is 347 g/mol. The Kier molecular flexibility index (Phi) is 4.03. The van der Waals surface area contributed by atoms with Gasteiger partial charge in [-0.2, -0.15) is 5.26 Å². The quantitative estimate of drug-likeness (QED) is 0.759. The van der Waals surface area contributed by atoms with Crippen LogP contribution in [0.1, 0.15) is 18.1 Å². The number of hydrogen-bond acceptors (Lipinski definition) is 1. The summed E-state index contributed by atoms with van der Waals surface area (Å²) < 4.78 is 1.15. The van der Waals surface area contributed by atoms with Gasteiger partial charge in [-0.1, -0.05) is 48.5 Å². The van der Waals surface area contributed by atoms with Crippen LogP contribution in [0.3, 0.4) is 0 Å². The van der Waals surface area contributed by atoms with Crippen molar-refractivity contribution in [2.75, 3.05) is 0 Å². The summed E-state index contributed by atoms with van der Waals surface area (Å²) >= 11 is 2.30. The third-order valence-electron chi connectivity index (χ3n) is 3.12. The molecule has 0 aliphatic carbocycles. The average Bonchev–Trinajstić information content (AvgIpc) is 2.40. The Labute approximate surface area is 122 Å². The number of benzene rings is 2. The molecule has 90 valence electrons. The van der Waals surface area contributed by atoms with Gasteiger partial charge in [0.05, 0.1) is 11.5 Å². The maximum atomic E-state index is 9.57. The molecule has 1 nitrogen and oxygen atoms in total. The fourth-order valence-corrected chi connectivity index (χ4v) is 3.09. The van der Waals surface area contributed by atoms with Gasteiger partial charge in [0.1, 0.15) is 0 Å². The van der Waals surface area contributed by atoms with E-state index < -0.39 is 5.41 Å². The van der Waals surface area contributed by atoms with Crippen LogP contribution in [-0.4, -0.2) is 0 Å². The van der Waals surface area contributed by atoms with Crippen molar-refractivity contribution < 1.29 is 0 Å². The van der Waals surface area contributed by atoms with E-state index in [9.17, 15) is 5.26 Å². The lowest BCUT2D eigenvalue weighted by Gasteiger charge is -2.23. The van der Waals surface area contributed by atoms with Crippen LogP contribution < -0.4 is 0 Å². The molecule has 0 aromatic heterocycles.